The normalized spacial score (nSPS) is 21.6. The van der Waals surface area contributed by atoms with Gasteiger partial charge < -0.3 is 9.47 Å². The molecule has 0 bridgehead atoms. The summed E-state index contributed by atoms with van der Waals surface area (Å²) in [5, 5.41) is 0. The molecule has 0 aliphatic carbocycles. The Morgan fingerprint density at radius 3 is 1.29 bits per heavy atom. The van der Waals surface area contributed by atoms with Crippen molar-refractivity contribution in [1.82, 2.24) is 9.80 Å². The van der Waals surface area contributed by atoms with Crippen molar-refractivity contribution in [2.24, 2.45) is 11.8 Å². The Morgan fingerprint density at radius 2 is 1.08 bits per heavy atom. The molecular formula is C18H34N2O4. The predicted octanol–water partition coefficient (Wildman–Crippen LogP) is 1.78. The molecule has 1 rings (SSSR count). The fraction of sp³-hybridized carbons (Fsp3) is 0.889. The zero-order valence-corrected chi connectivity index (χ0v) is 16.1. The second-order valence-corrected chi connectivity index (χ2v) is 6.78. The molecule has 0 radical (unpaired) electrons. The van der Waals surface area contributed by atoms with E-state index in [4.69, 9.17) is 9.47 Å². The van der Waals surface area contributed by atoms with E-state index < -0.39 is 0 Å². The minimum atomic E-state index is -0.206. The molecule has 6 nitrogen and oxygen atoms in total. The highest BCUT2D eigenvalue weighted by molar-refractivity contribution is 5.76. The Kier molecular flexibility index (Phi) is 8.70. The SMILES string of the molecule is CC[C@H](C)[C@H](C(=O)OC)N1CCN([C@@H](C(=O)OC)[C@@H](C)CC)CC1. The number of ether oxygens (including phenoxy) is 2. The van der Waals surface area contributed by atoms with Gasteiger partial charge in [0.05, 0.1) is 14.2 Å². The molecule has 1 fully saturated rings. The molecule has 1 saturated heterocycles. The molecule has 1 heterocycles. The molecule has 4 atom stereocenters. The Hall–Kier alpha value is -1.14. The van der Waals surface area contributed by atoms with E-state index in [9.17, 15) is 9.59 Å². The van der Waals surface area contributed by atoms with E-state index in [1.165, 1.54) is 14.2 Å². The Morgan fingerprint density at radius 1 is 0.792 bits per heavy atom. The number of carbonyl (C=O) groups is 2. The Bertz CT molecular complexity index is 370. The van der Waals surface area contributed by atoms with Gasteiger partial charge in [-0.3, -0.25) is 19.4 Å². The number of esters is 2. The maximum absolute atomic E-state index is 12.2. The van der Waals surface area contributed by atoms with Crippen LogP contribution in [0.15, 0.2) is 0 Å². The summed E-state index contributed by atoms with van der Waals surface area (Å²) in [5.41, 5.74) is 0. The van der Waals surface area contributed by atoms with Crippen LogP contribution in [0.25, 0.3) is 0 Å². The largest absolute Gasteiger partial charge is 0.468 e. The first-order chi connectivity index (χ1) is 11.4. The zero-order valence-electron chi connectivity index (χ0n) is 16.1. The van der Waals surface area contributed by atoms with Gasteiger partial charge in [0, 0.05) is 26.2 Å². The summed E-state index contributed by atoms with van der Waals surface area (Å²) in [5.74, 6) is 0.165. The Labute approximate surface area is 146 Å². The monoisotopic (exact) mass is 342 g/mol. The molecule has 0 spiro atoms. The number of nitrogens with zero attached hydrogens (tertiary/aromatic N) is 2. The maximum Gasteiger partial charge on any atom is 0.323 e. The Balaban J connectivity index is 2.78. The van der Waals surface area contributed by atoms with Crippen molar-refractivity contribution in [2.75, 3.05) is 40.4 Å². The first kappa shape index (κ1) is 20.9. The van der Waals surface area contributed by atoms with Gasteiger partial charge in [-0.15, -0.1) is 0 Å². The highest BCUT2D eigenvalue weighted by Gasteiger charge is 2.37. The third-order valence-corrected chi connectivity index (χ3v) is 5.39. The van der Waals surface area contributed by atoms with Gasteiger partial charge in [-0.05, 0) is 11.8 Å². The summed E-state index contributed by atoms with van der Waals surface area (Å²) >= 11 is 0. The number of hydrogen-bond donors (Lipinski definition) is 0. The molecular weight excluding hydrogens is 308 g/mol. The van der Waals surface area contributed by atoms with Crippen LogP contribution in [0, 0.1) is 11.8 Å². The van der Waals surface area contributed by atoms with Gasteiger partial charge in [0.1, 0.15) is 12.1 Å². The molecule has 1 aliphatic heterocycles. The van der Waals surface area contributed by atoms with E-state index in [2.05, 4.69) is 37.5 Å². The lowest BCUT2D eigenvalue weighted by molar-refractivity contribution is -0.154. The lowest BCUT2D eigenvalue weighted by Gasteiger charge is -2.43. The summed E-state index contributed by atoms with van der Waals surface area (Å²) in [6, 6.07) is -0.412. The van der Waals surface area contributed by atoms with Gasteiger partial charge >= 0.3 is 11.9 Å². The standard InChI is InChI=1S/C18H34N2O4/c1-7-13(3)15(17(21)23-5)19-9-11-20(12-10-19)16(14(4)8-2)18(22)24-6/h13-16H,7-12H2,1-6H3/t13-,14-,15+,16+/m0/s1. The fourth-order valence-corrected chi connectivity index (χ4v) is 3.46. The average molecular weight is 342 g/mol. The van der Waals surface area contributed by atoms with Crippen LogP contribution in [0.3, 0.4) is 0 Å². The van der Waals surface area contributed by atoms with Crippen LogP contribution >= 0.6 is 0 Å². The van der Waals surface area contributed by atoms with Crippen LogP contribution in [0.1, 0.15) is 40.5 Å². The van der Waals surface area contributed by atoms with E-state index in [1.54, 1.807) is 0 Å². The van der Waals surface area contributed by atoms with Crippen LogP contribution < -0.4 is 0 Å². The van der Waals surface area contributed by atoms with Crippen LogP contribution in [0.5, 0.6) is 0 Å². The minimum Gasteiger partial charge on any atom is -0.468 e. The number of hydrogen-bond acceptors (Lipinski definition) is 6. The zero-order chi connectivity index (χ0) is 18.3. The van der Waals surface area contributed by atoms with Gasteiger partial charge in [0.25, 0.3) is 0 Å². The van der Waals surface area contributed by atoms with Gasteiger partial charge in [-0.2, -0.15) is 0 Å². The highest BCUT2D eigenvalue weighted by Crippen LogP contribution is 2.22. The second-order valence-electron chi connectivity index (χ2n) is 6.78. The number of piperazine rings is 1. The van der Waals surface area contributed by atoms with Crippen LogP contribution in [0.2, 0.25) is 0 Å². The molecule has 0 aromatic rings. The molecule has 1 aliphatic rings. The number of carbonyl (C=O) groups excluding carboxylic acids is 2. The van der Waals surface area contributed by atoms with Gasteiger partial charge in [-0.1, -0.05) is 40.5 Å². The van der Waals surface area contributed by atoms with Crippen molar-refractivity contribution in [3.8, 4) is 0 Å². The van der Waals surface area contributed by atoms with Gasteiger partial charge in [0.15, 0.2) is 0 Å². The molecule has 0 saturated carbocycles. The van der Waals surface area contributed by atoms with E-state index in [1.807, 2.05) is 0 Å². The fourth-order valence-electron chi connectivity index (χ4n) is 3.46. The third-order valence-electron chi connectivity index (χ3n) is 5.39. The highest BCUT2D eigenvalue weighted by atomic mass is 16.5. The summed E-state index contributed by atoms with van der Waals surface area (Å²) < 4.78 is 10.0. The summed E-state index contributed by atoms with van der Waals surface area (Å²) in [4.78, 5) is 28.8. The van der Waals surface area contributed by atoms with E-state index >= 15 is 0 Å². The minimum absolute atomic E-state index is 0.163. The molecule has 24 heavy (non-hydrogen) atoms. The summed E-state index contributed by atoms with van der Waals surface area (Å²) in [6.07, 6.45) is 1.86. The van der Waals surface area contributed by atoms with Crippen molar-refractivity contribution < 1.29 is 19.1 Å². The molecule has 0 unspecified atom stereocenters. The van der Waals surface area contributed by atoms with Gasteiger partial charge in [0.2, 0.25) is 0 Å². The van der Waals surface area contributed by atoms with Crippen LogP contribution in [0.4, 0.5) is 0 Å². The van der Waals surface area contributed by atoms with Crippen molar-refractivity contribution in [1.29, 1.82) is 0 Å². The van der Waals surface area contributed by atoms with Crippen molar-refractivity contribution in [2.45, 2.75) is 52.6 Å². The number of methoxy groups -OCH3 is 2. The maximum atomic E-state index is 12.2. The molecule has 0 aromatic heterocycles. The van der Waals surface area contributed by atoms with Crippen LogP contribution in [-0.4, -0.2) is 74.2 Å². The third kappa shape index (κ3) is 4.93. The predicted molar refractivity (Wildman–Crippen MR) is 93.7 cm³/mol. The van der Waals surface area contributed by atoms with E-state index in [0.717, 1.165) is 39.0 Å². The van der Waals surface area contributed by atoms with Crippen LogP contribution in [-0.2, 0) is 19.1 Å². The molecule has 0 N–H and O–H groups in total. The molecule has 0 amide bonds. The summed E-state index contributed by atoms with van der Waals surface area (Å²) in [6.45, 7) is 11.4. The molecule has 6 heteroatoms. The number of rotatable bonds is 8. The van der Waals surface area contributed by atoms with Crippen molar-refractivity contribution in [3.63, 3.8) is 0 Å². The lowest BCUT2D eigenvalue weighted by atomic mass is 9.95. The molecule has 0 aromatic carbocycles. The first-order valence-electron chi connectivity index (χ1n) is 9.04. The topological polar surface area (TPSA) is 59.1 Å². The molecule has 140 valence electrons. The van der Waals surface area contributed by atoms with Gasteiger partial charge in [-0.25, -0.2) is 0 Å². The smallest absolute Gasteiger partial charge is 0.323 e. The van der Waals surface area contributed by atoms with E-state index in [-0.39, 0.29) is 35.9 Å². The average Bonchev–Trinajstić information content (AvgIpc) is 2.62. The lowest BCUT2D eigenvalue weighted by Crippen LogP contribution is -2.59. The quantitative estimate of drug-likeness (QED) is 0.627. The van der Waals surface area contributed by atoms with E-state index in [0.29, 0.717) is 0 Å². The van der Waals surface area contributed by atoms with Crippen molar-refractivity contribution in [3.05, 3.63) is 0 Å². The van der Waals surface area contributed by atoms with Crippen molar-refractivity contribution >= 4 is 11.9 Å². The summed E-state index contributed by atoms with van der Waals surface area (Å²) in [7, 11) is 2.90. The first-order valence-corrected chi connectivity index (χ1v) is 9.04. The second kappa shape index (κ2) is 9.99.